The molecule has 0 saturated heterocycles. The van der Waals surface area contributed by atoms with Gasteiger partial charge in [-0.05, 0) is 29.1 Å². The van der Waals surface area contributed by atoms with E-state index < -0.39 is 0 Å². The summed E-state index contributed by atoms with van der Waals surface area (Å²) >= 11 is 1.64. The van der Waals surface area contributed by atoms with E-state index in [0.29, 0.717) is 5.56 Å². The molecule has 4 rings (SSSR count). The second kappa shape index (κ2) is 8.63. The van der Waals surface area contributed by atoms with Crippen LogP contribution in [0.1, 0.15) is 32.8 Å². The van der Waals surface area contributed by atoms with Crippen molar-refractivity contribution >= 4 is 22.9 Å². The fourth-order valence-corrected chi connectivity index (χ4v) is 4.14. The zero-order valence-corrected chi connectivity index (χ0v) is 16.0. The number of benzene rings is 2. The van der Waals surface area contributed by atoms with Crippen LogP contribution in [0.4, 0.5) is 5.82 Å². The van der Waals surface area contributed by atoms with Crippen molar-refractivity contribution in [3.05, 3.63) is 119 Å². The molecule has 0 aliphatic rings. The van der Waals surface area contributed by atoms with E-state index in [1.807, 2.05) is 90.3 Å². The van der Waals surface area contributed by atoms with E-state index in [1.54, 1.807) is 17.5 Å². The summed E-state index contributed by atoms with van der Waals surface area (Å²) in [5.74, 6) is 0.473. The maximum absolute atomic E-state index is 13.6. The lowest BCUT2D eigenvalue weighted by atomic mass is 9.84. The number of thiophene rings is 1. The molecule has 0 aliphatic carbocycles. The Labute approximate surface area is 168 Å². The van der Waals surface area contributed by atoms with Crippen LogP contribution in [0.25, 0.3) is 0 Å². The molecule has 2 heterocycles. The SMILES string of the molecule is O=C(c1ccccc1)[C@@H](c1ccccc1)[C@@H](Nc1ccccn1)c1cccs1. The molecule has 0 bridgehead atoms. The molecule has 2 aromatic heterocycles. The number of carbonyl (C=O) groups excluding carboxylic acids is 1. The van der Waals surface area contributed by atoms with Crippen molar-refractivity contribution in [2.45, 2.75) is 12.0 Å². The number of aromatic nitrogens is 1. The quantitative estimate of drug-likeness (QED) is 0.400. The van der Waals surface area contributed by atoms with E-state index in [9.17, 15) is 4.79 Å². The Balaban J connectivity index is 1.80. The van der Waals surface area contributed by atoms with E-state index in [4.69, 9.17) is 0 Å². The molecule has 2 atom stereocenters. The van der Waals surface area contributed by atoms with Crippen LogP contribution >= 0.6 is 11.3 Å². The maximum atomic E-state index is 13.6. The minimum absolute atomic E-state index is 0.0913. The largest absolute Gasteiger partial charge is 0.361 e. The van der Waals surface area contributed by atoms with Crippen LogP contribution in [0.2, 0.25) is 0 Å². The van der Waals surface area contributed by atoms with Gasteiger partial charge in [0.2, 0.25) is 0 Å². The number of hydrogen-bond acceptors (Lipinski definition) is 4. The molecule has 0 unspecified atom stereocenters. The van der Waals surface area contributed by atoms with Crippen molar-refractivity contribution in [1.82, 2.24) is 4.98 Å². The van der Waals surface area contributed by atoms with Crippen LogP contribution in [-0.4, -0.2) is 10.8 Å². The number of pyridine rings is 1. The molecular formula is C24H20N2OS. The zero-order chi connectivity index (χ0) is 19.2. The zero-order valence-electron chi connectivity index (χ0n) is 15.2. The third-order valence-corrected chi connectivity index (χ3v) is 5.61. The highest BCUT2D eigenvalue weighted by Crippen LogP contribution is 2.38. The molecule has 0 spiro atoms. The molecule has 138 valence electrons. The van der Waals surface area contributed by atoms with Gasteiger partial charge in [-0.3, -0.25) is 4.79 Å². The number of carbonyl (C=O) groups is 1. The highest BCUT2D eigenvalue weighted by Gasteiger charge is 2.32. The van der Waals surface area contributed by atoms with Crippen LogP contribution in [0, 0.1) is 0 Å². The number of rotatable bonds is 7. The lowest BCUT2D eigenvalue weighted by Gasteiger charge is -2.27. The van der Waals surface area contributed by atoms with Gasteiger partial charge in [-0.25, -0.2) is 4.98 Å². The van der Waals surface area contributed by atoms with Crippen molar-refractivity contribution in [1.29, 1.82) is 0 Å². The van der Waals surface area contributed by atoms with Gasteiger partial charge in [-0.15, -0.1) is 11.3 Å². The van der Waals surface area contributed by atoms with Crippen molar-refractivity contribution < 1.29 is 4.79 Å². The highest BCUT2D eigenvalue weighted by molar-refractivity contribution is 7.10. The minimum atomic E-state index is -0.371. The van der Waals surface area contributed by atoms with Crippen LogP contribution in [0.3, 0.4) is 0 Å². The standard InChI is InChI=1S/C24H20N2OS/c27-24(19-12-5-2-6-13-19)22(18-10-3-1-4-11-18)23(20-14-9-17-28-20)26-21-15-7-8-16-25-21/h1-17,22-23H,(H,25,26)/t22-,23-/m0/s1. The summed E-state index contributed by atoms with van der Waals surface area (Å²) in [5.41, 5.74) is 1.69. The van der Waals surface area contributed by atoms with Crippen molar-refractivity contribution in [2.75, 3.05) is 5.32 Å². The predicted molar refractivity (Wildman–Crippen MR) is 115 cm³/mol. The summed E-state index contributed by atoms with van der Waals surface area (Å²) in [6.07, 6.45) is 1.75. The highest BCUT2D eigenvalue weighted by atomic mass is 32.1. The number of anilines is 1. The Morgan fingerprint density at radius 3 is 2.18 bits per heavy atom. The molecule has 28 heavy (non-hydrogen) atoms. The Morgan fingerprint density at radius 1 is 0.821 bits per heavy atom. The Kier molecular flexibility index (Phi) is 5.59. The molecule has 2 aromatic carbocycles. The second-order valence-corrected chi connectivity index (χ2v) is 7.45. The van der Waals surface area contributed by atoms with E-state index in [-0.39, 0.29) is 17.7 Å². The van der Waals surface area contributed by atoms with Crippen LogP contribution in [0.15, 0.2) is 103 Å². The van der Waals surface area contributed by atoms with Crippen LogP contribution in [-0.2, 0) is 0 Å². The van der Waals surface area contributed by atoms with E-state index >= 15 is 0 Å². The molecule has 0 amide bonds. The van der Waals surface area contributed by atoms with E-state index in [2.05, 4.69) is 16.4 Å². The normalized spacial score (nSPS) is 12.9. The number of hydrogen-bond donors (Lipinski definition) is 1. The molecule has 4 aromatic rings. The number of Topliss-reactive ketones (excluding diaryl/α,β-unsaturated/α-hetero) is 1. The van der Waals surface area contributed by atoms with Crippen molar-refractivity contribution in [2.24, 2.45) is 0 Å². The smallest absolute Gasteiger partial charge is 0.172 e. The summed E-state index contributed by atoms with van der Waals surface area (Å²) in [5, 5.41) is 5.55. The number of ketones is 1. The first kappa shape index (κ1) is 18.1. The Hall–Kier alpha value is -3.24. The average molecular weight is 385 g/mol. The number of nitrogens with one attached hydrogen (secondary N) is 1. The molecule has 3 nitrogen and oxygen atoms in total. The Morgan fingerprint density at radius 2 is 1.54 bits per heavy atom. The summed E-state index contributed by atoms with van der Waals surface area (Å²) in [6, 6.07) is 29.1. The van der Waals surface area contributed by atoms with Gasteiger partial charge >= 0.3 is 0 Å². The molecule has 1 N–H and O–H groups in total. The fraction of sp³-hybridized carbons (Fsp3) is 0.0833. The second-order valence-electron chi connectivity index (χ2n) is 6.47. The molecule has 4 heteroatoms. The summed E-state index contributed by atoms with van der Waals surface area (Å²) < 4.78 is 0. The lowest BCUT2D eigenvalue weighted by molar-refractivity contribution is 0.0950. The third-order valence-electron chi connectivity index (χ3n) is 4.65. The van der Waals surface area contributed by atoms with Crippen LogP contribution < -0.4 is 5.32 Å². The average Bonchev–Trinajstić information content (AvgIpc) is 3.30. The van der Waals surface area contributed by atoms with Gasteiger partial charge < -0.3 is 5.32 Å². The monoisotopic (exact) mass is 384 g/mol. The first-order valence-electron chi connectivity index (χ1n) is 9.18. The lowest BCUT2D eigenvalue weighted by Crippen LogP contribution is -2.26. The summed E-state index contributed by atoms with van der Waals surface area (Å²) in [4.78, 5) is 19.1. The van der Waals surface area contributed by atoms with E-state index in [0.717, 1.165) is 16.3 Å². The van der Waals surface area contributed by atoms with Gasteiger partial charge in [0.1, 0.15) is 5.82 Å². The van der Waals surface area contributed by atoms with Gasteiger partial charge in [0.25, 0.3) is 0 Å². The minimum Gasteiger partial charge on any atom is -0.361 e. The van der Waals surface area contributed by atoms with Gasteiger partial charge in [0.15, 0.2) is 5.78 Å². The maximum Gasteiger partial charge on any atom is 0.172 e. The molecule has 0 saturated carbocycles. The molecule has 0 radical (unpaired) electrons. The van der Waals surface area contributed by atoms with Gasteiger partial charge in [-0.1, -0.05) is 72.8 Å². The topological polar surface area (TPSA) is 42.0 Å². The molecular weight excluding hydrogens is 364 g/mol. The number of nitrogens with zero attached hydrogens (tertiary/aromatic N) is 1. The molecule has 0 fully saturated rings. The summed E-state index contributed by atoms with van der Waals surface area (Å²) in [6.45, 7) is 0. The van der Waals surface area contributed by atoms with E-state index in [1.165, 1.54) is 0 Å². The van der Waals surface area contributed by atoms with Gasteiger partial charge in [-0.2, -0.15) is 0 Å². The van der Waals surface area contributed by atoms with Gasteiger partial charge in [0, 0.05) is 16.6 Å². The Bertz CT molecular complexity index is 1000. The van der Waals surface area contributed by atoms with Crippen molar-refractivity contribution in [3.63, 3.8) is 0 Å². The predicted octanol–water partition coefficient (Wildman–Crippen LogP) is 5.96. The summed E-state index contributed by atoms with van der Waals surface area (Å²) in [7, 11) is 0. The van der Waals surface area contributed by atoms with Gasteiger partial charge in [0.05, 0.1) is 12.0 Å². The fourth-order valence-electron chi connectivity index (χ4n) is 3.33. The van der Waals surface area contributed by atoms with Crippen molar-refractivity contribution in [3.8, 4) is 0 Å². The first-order valence-corrected chi connectivity index (χ1v) is 10.1. The molecule has 0 aliphatic heterocycles. The van der Waals surface area contributed by atoms with Crippen LogP contribution in [0.5, 0.6) is 0 Å². The third kappa shape index (κ3) is 4.02. The first-order chi connectivity index (χ1) is 13.8.